The fourth-order valence-corrected chi connectivity index (χ4v) is 3.97. The molecule has 0 saturated heterocycles. The Kier molecular flexibility index (Phi) is 5.63. The van der Waals surface area contributed by atoms with Crippen LogP contribution in [0.2, 0.25) is 0 Å². The van der Waals surface area contributed by atoms with Crippen LogP contribution in [0.3, 0.4) is 0 Å². The number of para-hydroxylation sites is 1. The molecule has 1 unspecified atom stereocenters. The molecule has 7 heteroatoms. The van der Waals surface area contributed by atoms with Crippen LogP contribution in [0.15, 0.2) is 66.0 Å². The van der Waals surface area contributed by atoms with E-state index in [2.05, 4.69) is 5.32 Å². The highest BCUT2D eigenvalue weighted by molar-refractivity contribution is 7.12. The van der Waals surface area contributed by atoms with Gasteiger partial charge >= 0.3 is 5.97 Å². The molecule has 152 valence electrons. The number of carbonyl (C=O) groups excluding carboxylic acids is 3. The van der Waals surface area contributed by atoms with Gasteiger partial charge in [-0.25, -0.2) is 4.79 Å². The zero-order valence-electron chi connectivity index (χ0n) is 16.3. The monoisotopic (exact) mass is 420 g/mol. The van der Waals surface area contributed by atoms with Gasteiger partial charge in [0.05, 0.1) is 10.4 Å². The number of ether oxygens (including phenoxy) is 1. The second-order valence-corrected chi connectivity index (χ2v) is 7.87. The molecular formula is C23H20N2O4S. The summed E-state index contributed by atoms with van der Waals surface area (Å²) in [6.07, 6.45) is -0.108. The van der Waals surface area contributed by atoms with Gasteiger partial charge in [0, 0.05) is 17.9 Å². The summed E-state index contributed by atoms with van der Waals surface area (Å²) in [5.41, 5.74) is 2.87. The summed E-state index contributed by atoms with van der Waals surface area (Å²) in [4.78, 5) is 39.6. The topological polar surface area (TPSA) is 75.7 Å². The number of nitrogens with zero attached hydrogens (tertiary/aromatic N) is 1. The molecule has 1 aromatic heterocycles. The summed E-state index contributed by atoms with van der Waals surface area (Å²) in [6, 6.07) is 17.7. The van der Waals surface area contributed by atoms with Crippen LogP contribution in [0, 0.1) is 0 Å². The second kappa shape index (κ2) is 8.51. The van der Waals surface area contributed by atoms with E-state index in [-0.39, 0.29) is 11.8 Å². The van der Waals surface area contributed by atoms with E-state index in [4.69, 9.17) is 4.74 Å². The average molecular weight is 420 g/mol. The van der Waals surface area contributed by atoms with Crippen molar-refractivity contribution in [3.63, 3.8) is 0 Å². The highest BCUT2D eigenvalue weighted by Crippen LogP contribution is 2.28. The Labute approximate surface area is 178 Å². The molecule has 1 atom stereocenters. The van der Waals surface area contributed by atoms with Crippen molar-refractivity contribution in [1.29, 1.82) is 0 Å². The van der Waals surface area contributed by atoms with Crippen LogP contribution in [0.25, 0.3) is 0 Å². The molecule has 4 rings (SSSR count). The van der Waals surface area contributed by atoms with Crippen LogP contribution in [0.4, 0.5) is 11.4 Å². The molecule has 30 heavy (non-hydrogen) atoms. The predicted octanol–water partition coefficient (Wildman–Crippen LogP) is 4.14. The molecule has 2 amide bonds. The quantitative estimate of drug-likeness (QED) is 0.630. The molecule has 2 aromatic carbocycles. The highest BCUT2D eigenvalue weighted by Gasteiger charge is 2.29. The lowest BCUT2D eigenvalue weighted by molar-refractivity contribution is -0.126. The SMILES string of the molecule is CC(OC(=O)c1ccc(NC(=O)c2cccs2)cc1)C(=O)N1CCc2ccccc21. The molecule has 0 aliphatic carbocycles. The summed E-state index contributed by atoms with van der Waals surface area (Å²) in [6.45, 7) is 2.16. The van der Waals surface area contributed by atoms with Gasteiger partial charge in [0.2, 0.25) is 0 Å². The van der Waals surface area contributed by atoms with Crippen molar-refractivity contribution < 1.29 is 19.1 Å². The molecule has 0 bridgehead atoms. The van der Waals surface area contributed by atoms with E-state index >= 15 is 0 Å². The van der Waals surface area contributed by atoms with E-state index in [1.165, 1.54) is 11.3 Å². The van der Waals surface area contributed by atoms with Gasteiger partial charge in [-0.1, -0.05) is 24.3 Å². The number of nitrogens with one attached hydrogen (secondary N) is 1. The number of fused-ring (bicyclic) bond motifs is 1. The molecule has 0 radical (unpaired) electrons. The van der Waals surface area contributed by atoms with E-state index in [0.29, 0.717) is 22.7 Å². The van der Waals surface area contributed by atoms with Gasteiger partial charge in [-0.2, -0.15) is 0 Å². The summed E-state index contributed by atoms with van der Waals surface area (Å²) < 4.78 is 5.39. The minimum Gasteiger partial charge on any atom is -0.449 e. The Bertz CT molecular complexity index is 1080. The molecule has 0 fully saturated rings. The number of hydrogen-bond donors (Lipinski definition) is 1. The Morgan fingerprint density at radius 3 is 2.53 bits per heavy atom. The van der Waals surface area contributed by atoms with Gasteiger partial charge in [0.15, 0.2) is 6.10 Å². The maximum Gasteiger partial charge on any atom is 0.338 e. The van der Waals surface area contributed by atoms with Gasteiger partial charge in [-0.15, -0.1) is 11.3 Å². The largest absolute Gasteiger partial charge is 0.449 e. The van der Waals surface area contributed by atoms with Gasteiger partial charge in [-0.05, 0) is 60.7 Å². The molecule has 3 aromatic rings. The van der Waals surface area contributed by atoms with Crippen molar-refractivity contribution >= 4 is 40.5 Å². The average Bonchev–Trinajstić information content (AvgIpc) is 3.44. The third-order valence-electron chi connectivity index (χ3n) is 4.91. The smallest absolute Gasteiger partial charge is 0.338 e. The summed E-state index contributed by atoms with van der Waals surface area (Å²) in [5.74, 6) is -1.03. The molecule has 0 spiro atoms. The molecule has 0 saturated carbocycles. The fourth-order valence-electron chi connectivity index (χ4n) is 3.36. The zero-order valence-corrected chi connectivity index (χ0v) is 17.1. The molecule has 1 aliphatic heterocycles. The number of amides is 2. The number of esters is 1. The lowest BCUT2D eigenvalue weighted by atomic mass is 10.2. The maximum atomic E-state index is 12.8. The molecule has 6 nitrogen and oxygen atoms in total. The highest BCUT2D eigenvalue weighted by atomic mass is 32.1. The van der Waals surface area contributed by atoms with E-state index in [1.54, 1.807) is 42.2 Å². The Morgan fingerprint density at radius 1 is 1.03 bits per heavy atom. The number of anilines is 2. The van der Waals surface area contributed by atoms with Crippen molar-refractivity contribution in [3.05, 3.63) is 82.0 Å². The standard InChI is InChI=1S/C23H20N2O4S/c1-15(22(27)25-13-12-16-5-2-3-6-19(16)25)29-23(28)17-8-10-18(11-9-17)24-21(26)20-7-4-14-30-20/h2-11,14-15H,12-13H2,1H3,(H,24,26). The van der Waals surface area contributed by atoms with Crippen LogP contribution >= 0.6 is 11.3 Å². The minimum absolute atomic E-state index is 0.203. The number of carbonyl (C=O) groups is 3. The third kappa shape index (κ3) is 4.11. The summed E-state index contributed by atoms with van der Waals surface area (Å²) in [7, 11) is 0. The molecule has 1 aliphatic rings. The Balaban J connectivity index is 1.36. The van der Waals surface area contributed by atoms with Crippen molar-refractivity contribution in [1.82, 2.24) is 0 Å². The van der Waals surface area contributed by atoms with Gasteiger partial charge in [-0.3, -0.25) is 9.59 Å². The summed E-state index contributed by atoms with van der Waals surface area (Å²) in [5, 5.41) is 4.61. The first-order valence-electron chi connectivity index (χ1n) is 9.58. The van der Waals surface area contributed by atoms with Crippen LogP contribution in [0.5, 0.6) is 0 Å². The molecule has 1 N–H and O–H groups in total. The lowest BCUT2D eigenvalue weighted by Gasteiger charge is -2.21. The van der Waals surface area contributed by atoms with Gasteiger partial charge in [0.1, 0.15) is 0 Å². The summed E-state index contributed by atoms with van der Waals surface area (Å²) >= 11 is 1.35. The number of rotatable bonds is 5. The second-order valence-electron chi connectivity index (χ2n) is 6.92. The van der Waals surface area contributed by atoms with Crippen molar-refractivity contribution in [3.8, 4) is 0 Å². The van der Waals surface area contributed by atoms with Crippen LogP contribution < -0.4 is 10.2 Å². The van der Waals surface area contributed by atoms with Crippen LogP contribution in [-0.4, -0.2) is 30.4 Å². The predicted molar refractivity (Wildman–Crippen MR) is 116 cm³/mol. The first-order valence-corrected chi connectivity index (χ1v) is 10.5. The van der Waals surface area contributed by atoms with Crippen LogP contribution in [0.1, 0.15) is 32.5 Å². The first-order chi connectivity index (χ1) is 14.5. The van der Waals surface area contributed by atoms with Crippen LogP contribution in [-0.2, 0) is 16.0 Å². The molecule has 2 heterocycles. The van der Waals surface area contributed by atoms with E-state index in [9.17, 15) is 14.4 Å². The molecular weight excluding hydrogens is 400 g/mol. The maximum absolute atomic E-state index is 12.8. The third-order valence-corrected chi connectivity index (χ3v) is 5.78. The van der Waals surface area contributed by atoms with Gasteiger partial charge < -0.3 is 15.0 Å². The lowest BCUT2D eigenvalue weighted by Crippen LogP contribution is -2.39. The van der Waals surface area contributed by atoms with E-state index in [1.807, 2.05) is 35.7 Å². The van der Waals surface area contributed by atoms with Crippen molar-refractivity contribution in [2.75, 3.05) is 16.8 Å². The number of thiophene rings is 1. The fraction of sp³-hybridized carbons (Fsp3) is 0.174. The Hall–Kier alpha value is -3.45. The van der Waals surface area contributed by atoms with Crippen molar-refractivity contribution in [2.45, 2.75) is 19.4 Å². The van der Waals surface area contributed by atoms with E-state index < -0.39 is 12.1 Å². The first kappa shape index (κ1) is 19.8. The van der Waals surface area contributed by atoms with Crippen molar-refractivity contribution in [2.24, 2.45) is 0 Å². The van der Waals surface area contributed by atoms with Gasteiger partial charge in [0.25, 0.3) is 11.8 Å². The number of benzene rings is 2. The Morgan fingerprint density at radius 2 is 1.80 bits per heavy atom. The van der Waals surface area contributed by atoms with E-state index in [0.717, 1.165) is 17.7 Å². The minimum atomic E-state index is -0.901. The normalized spacial score (nSPS) is 13.4. The zero-order chi connectivity index (χ0) is 21.1. The number of hydrogen-bond acceptors (Lipinski definition) is 5.